The van der Waals surface area contributed by atoms with E-state index in [2.05, 4.69) is 25.3 Å². The normalized spacial score (nSPS) is 11.6. The first-order valence-electron chi connectivity index (χ1n) is 8.66. The minimum absolute atomic E-state index is 0. The molecule has 2 N–H and O–H groups in total. The molecule has 0 spiro atoms. The summed E-state index contributed by atoms with van der Waals surface area (Å²) >= 11 is 1.60. The van der Waals surface area contributed by atoms with Gasteiger partial charge in [-0.1, -0.05) is 6.07 Å². The van der Waals surface area contributed by atoms with Gasteiger partial charge in [0.1, 0.15) is 5.82 Å². The molecule has 0 aliphatic heterocycles. The molecule has 1 aromatic heterocycles. The van der Waals surface area contributed by atoms with Gasteiger partial charge < -0.3 is 15.4 Å². The third-order valence-corrected chi connectivity index (χ3v) is 4.38. The maximum Gasteiger partial charge on any atom is 0.422 e. The van der Waals surface area contributed by atoms with E-state index in [1.807, 2.05) is 6.26 Å². The number of alkyl halides is 3. The number of ether oxygens (including phenoxy) is 1. The molecule has 1 heterocycles. The number of halogens is 5. The molecule has 1 aromatic carbocycles. The number of pyridine rings is 1. The van der Waals surface area contributed by atoms with Gasteiger partial charge in [-0.25, -0.2) is 9.37 Å². The lowest BCUT2D eigenvalue weighted by atomic mass is 10.1. The third-order valence-electron chi connectivity index (χ3n) is 3.78. The van der Waals surface area contributed by atoms with Crippen molar-refractivity contribution in [3.05, 3.63) is 59.0 Å². The Kier molecular flexibility index (Phi) is 11.2. The molecule has 0 amide bonds. The van der Waals surface area contributed by atoms with Gasteiger partial charge in [-0.05, 0) is 41.1 Å². The van der Waals surface area contributed by atoms with Crippen molar-refractivity contribution in [1.29, 1.82) is 0 Å². The van der Waals surface area contributed by atoms with Crippen molar-refractivity contribution >= 4 is 41.7 Å². The van der Waals surface area contributed by atoms with Crippen LogP contribution in [0, 0.1) is 5.82 Å². The molecular formula is C19H23F4IN4OS. The second-order valence-electron chi connectivity index (χ2n) is 6.03. The maximum atomic E-state index is 13.5. The lowest BCUT2D eigenvalue weighted by Crippen LogP contribution is -2.36. The molecule has 5 nitrogen and oxygen atoms in total. The lowest BCUT2D eigenvalue weighted by molar-refractivity contribution is -0.154. The number of guanidine groups is 1. The van der Waals surface area contributed by atoms with Crippen molar-refractivity contribution in [2.75, 3.05) is 19.9 Å². The van der Waals surface area contributed by atoms with Crippen LogP contribution in [0.25, 0.3) is 0 Å². The highest BCUT2D eigenvalue weighted by molar-refractivity contribution is 14.0. The Morgan fingerprint density at radius 1 is 1.13 bits per heavy atom. The number of nitrogens with zero attached hydrogens (tertiary/aromatic N) is 2. The van der Waals surface area contributed by atoms with Gasteiger partial charge in [0, 0.05) is 38.2 Å². The number of nitrogens with one attached hydrogen (secondary N) is 2. The molecule has 0 aliphatic rings. The molecule has 0 atom stereocenters. The van der Waals surface area contributed by atoms with E-state index in [1.165, 1.54) is 24.4 Å². The molecule has 0 saturated heterocycles. The van der Waals surface area contributed by atoms with Crippen LogP contribution in [0.5, 0.6) is 5.88 Å². The average molecular weight is 558 g/mol. The van der Waals surface area contributed by atoms with Crippen LogP contribution in [0.4, 0.5) is 17.6 Å². The SMILES string of the molecule is CN=C(NCc1ccnc(OCC(F)(F)F)c1)NCc1ccc(F)cc1CSC.I. The molecule has 2 aromatic rings. The van der Waals surface area contributed by atoms with Gasteiger partial charge >= 0.3 is 6.18 Å². The zero-order valence-corrected chi connectivity index (χ0v) is 19.6. The van der Waals surface area contributed by atoms with Crippen molar-refractivity contribution in [2.24, 2.45) is 4.99 Å². The van der Waals surface area contributed by atoms with Crippen LogP contribution in [-0.4, -0.2) is 37.0 Å². The quantitative estimate of drug-likeness (QED) is 0.216. The third kappa shape index (κ3) is 9.37. The molecule has 0 aliphatic carbocycles. The van der Waals surface area contributed by atoms with Crippen LogP contribution >= 0.6 is 35.7 Å². The fourth-order valence-corrected chi connectivity index (χ4v) is 3.02. The van der Waals surface area contributed by atoms with Crippen molar-refractivity contribution in [1.82, 2.24) is 15.6 Å². The molecule has 0 unspecified atom stereocenters. The molecule has 0 radical (unpaired) electrons. The predicted octanol–water partition coefficient (Wildman–Crippen LogP) is 4.51. The van der Waals surface area contributed by atoms with E-state index in [0.717, 1.165) is 11.1 Å². The van der Waals surface area contributed by atoms with Gasteiger partial charge in [0.25, 0.3) is 0 Å². The second kappa shape index (κ2) is 12.8. The Balaban J connectivity index is 0.00000450. The number of benzene rings is 1. The summed E-state index contributed by atoms with van der Waals surface area (Å²) in [7, 11) is 1.60. The first-order valence-corrected chi connectivity index (χ1v) is 10.1. The molecule has 0 fully saturated rings. The topological polar surface area (TPSA) is 58.5 Å². The largest absolute Gasteiger partial charge is 0.468 e. The minimum atomic E-state index is -4.42. The molecule has 0 saturated carbocycles. The van der Waals surface area contributed by atoms with Gasteiger partial charge in [0.05, 0.1) is 0 Å². The van der Waals surface area contributed by atoms with Crippen LogP contribution in [-0.2, 0) is 18.8 Å². The number of thioether (sulfide) groups is 1. The molecule has 30 heavy (non-hydrogen) atoms. The van der Waals surface area contributed by atoms with E-state index < -0.39 is 12.8 Å². The first-order chi connectivity index (χ1) is 13.8. The van der Waals surface area contributed by atoms with E-state index >= 15 is 0 Å². The van der Waals surface area contributed by atoms with E-state index in [9.17, 15) is 17.6 Å². The van der Waals surface area contributed by atoms with Gasteiger partial charge in [-0.15, -0.1) is 24.0 Å². The van der Waals surface area contributed by atoms with Gasteiger partial charge in [0.2, 0.25) is 5.88 Å². The highest BCUT2D eigenvalue weighted by Gasteiger charge is 2.28. The number of hydrogen-bond donors (Lipinski definition) is 2. The van der Waals surface area contributed by atoms with Crippen LogP contribution in [0.1, 0.15) is 16.7 Å². The summed E-state index contributed by atoms with van der Waals surface area (Å²) in [4.78, 5) is 7.89. The summed E-state index contributed by atoms with van der Waals surface area (Å²) in [5.41, 5.74) is 2.54. The fraction of sp³-hybridized carbons (Fsp3) is 0.368. The predicted molar refractivity (Wildman–Crippen MR) is 122 cm³/mol. The van der Waals surface area contributed by atoms with Crippen molar-refractivity contribution in [3.8, 4) is 5.88 Å². The molecule has 11 heteroatoms. The van der Waals surface area contributed by atoms with E-state index in [-0.39, 0.29) is 35.7 Å². The Morgan fingerprint density at radius 2 is 1.87 bits per heavy atom. The second-order valence-corrected chi connectivity index (χ2v) is 6.90. The highest BCUT2D eigenvalue weighted by atomic mass is 127. The molecular weight excluding hydrogens is 535 g/mol. The van der Waals surface area contributed by atoms with Crippen LogP contribution in [0.15, 0.2) is 41.5 Å². The van der Waals surface area contributed by atoms with Crippen molar-refractivity contribution < 1.29 is 22.3 Å². The van der Waals surface area contributed by atoms with Gasteiger partial charge in [-0.2, -0.15) is 24.9 Å². The monoisotopic (exact) mass is 558 g/mol. The van der Waals surface area contributed by atoms with Crippen LogP contribution in [0.2, 0.25) is 0 Å². The molecule has 166 valence electrons. The number of rotatable bonds is 8. The molecule has 2 rings (SSSR count). The van der Waals surface area contributed by atoms with E-state index in [0.29, 0.717) is 30.4 Å². The number of aliphatic imine (C=N–C) groups is 1. The van der Waals surface area contributed by atoms with Crippen molar-refractivity contribution in [3.63, 3.8) is 0 Å². The average Bonchev–Trinajstić information content (AvgIpc) is 2.68. The summed E-state index contributed by atoms with van der Waals surface area (Å²) in [6.07, 6.45) is -1.09. The maximum absolute atomic E-state index is 13.5. The number of hydrogen-bond acceptors (Lipinski definition) is 4. The Morgan fingerprint density at radius 3 is 2.53 bits per heavy atom. The summed E-state index contributed by atoms with van der Waals surface area (Å²) in [6, 6.07) is 7.76. The first kappa shape index (κ1) is 26.3. The fourth-order valence-electron chi connectivity index (χ4n) is 2.44. The summed E-state index contributed by atoms with van der Waals surface area (Å²) in [5.74, 6) is 0.816. The smallest absolute Gasteiger partial charge is 0.422 e. The van der Waals surface area contributed by atoms with E-state index in [4.69, 9.17) is 0 Å². The summed E-state index contributed by atoms with van der Waals surface area (Å²) < 4.78 is 54.9. The van der Waals surface area contributed by atoms with Crippen LogP contribution < -0.4 is 15.4 Å². The van der Waals surface area contributed by atoms with Crippen molar-refractivity contribution in [2.45, 2.75) is 25.0 Å². The zero-order valence-electron chi connectivity index (χ0n) is 16.4. The number of aromatic nitrogens is 1. The highest BCUT2D eigenvalue weighted by Crippen LogP contribution is 2.18. The van der Waals surface area contributed by atoms with Gasteiger partial charge in [-0.3, -0.25) is 4.99 Å². The summed E-state index contributed by atoms with van der Waals surface area (Å²) in [6.45, 7) is -0.631. The van der Waals surface area contributed by atoms with E-state index in [1.54, 1.807) is 30.9 Å². The zero-order chi connectivity index (χ0) is 21.3. The summed E-state index contributed by atoms with van der Waals surface area (Å²) in [5, 5.41) is 6.22. The standard InChI is InChI=1S/C19H22F4N4OS.HI/c1-24-18(27-10-14-3-4-16(20)8-15(14)11-29-2)26-9-13-5-6-25-17(7-13)28-12-19(21,22)23;/h3-8H,9-12H2,1-2H3,(H2,24,26,27);1H. The minimum Gasteiger partial charge on any atom is -0.468 e. The Labute approximate surface area is 194 Å². The lowest BCUT2D eigenvalue weighted by Gasteiger charge is -2.14. The Bertz CT molecular complexity index is 836. The van der Waals surface area contributed by atoms with Crippen LogP contribution in [0.3, 0.4) is 0 Å². The Hall–Kier alpha value is -1.76. The molecule has 0 bridgehead atoms. The van der Waals surface area contributed by atoms with Gasteiger partial charge in [0.15, 0.2) is 12.6 Å².